The van der Waals surface area contributed by atoms with Crippen LogP contribution in [0.3, 0.4) is 0 Å². The SMILES string of the molecule is Cc1ccc(NC(=O)C2(n3cccn3)CCNCC2)cc1C.Cl. The van der Waals surface area contributed by atoms with E-state index >= 15 is 0 Å². The average Bonchev–Trinajstić information content (AvgIpc) is 3.06. The summed E-state index contributed by atoms with van der Waals surface area (Å²) in [7, 11) is 0. The van der Waals surface area contributed by atoms with Crippen molar-refractivity contribution in [2.75, 3.05) is 18.4 Å². The predicted molar refractivity (Wildman–Crippen MR) is 94.1 cm³/mol. The molecule has 2 heterocycles. The number of carbonyl (C=O) groups excluding carboxylic acids is 1. The van der Waals surface area contributed by atoms with Crippen LogP contribution in [0.1, 0.15) is 24.0 Å². The first kappa shape index (κ1) is 17.5. The monoisotopic (exact) mass is 334 g/mol. The van der Waals surface area contributed by atoms with E-state index in [0.29, 0.717) is 0 Å². The minimum absolute atomic E-state index is 0. The van der Waals surface area contributed by atoms with Crippen LogP contribution in [0.5, 0.6) is 0 Å². The Bertz CT molecular complexity index is 663. The van der Waals surface area contributed by atoms with Gasteiger partial charge in [0.05, 0.1) is 0 Å². The second kappa shape index (κ2) is 7.15. The van der Waals surface area contributed by atoms with Gasteiger partial charge >= 0.3 is 0 Å². The molecule has 1 amide bonds. The molecule has 0 radical (unpaired) electrons. The van der Waals surface area contributed by atoms with Crippen molar-refractivity contribution in [2.45, 2.75) is 32.2 Å². The number of nitrogens with zero attached hydrogens (tertiary/aromatic N) is 2. The third kappa shape index (κ3) is 3.41. The highest BCUT2D eigenvalue weighted by atomic mass is 35.5. The second-order valence-electron chi connectivity index (χ2n) is 5.99. The van der Waals surface area contributed by atoms with Crippen LogP contribution in [-0.4, -0.2) is 28.8 Å². The molecule has 2 N–H and O–H groups in total. The molecule has 1 saturated heterocycles. The number of nitrogens with one attached hydrogen (secondary N) is 2. The first-order valence-electron chi connectivity index (χ1n) is 7.71. The number of hydrogen-bond acceptors (Lipinski definition) is 3. The lowest BCUT2D eigenvalue weighted by Crippen LogP contribution is -2.52. The molecule has 5 nitrogen and oxygen atoms in total. The Morgan fingerprint density at radius 1 is 1.26 bits per heavy atom. The van der Waals surface area contributed by atoms with E-state index < -0.39 is 5.54 Å². The van der Waals surface area contributed by atoms with E-state index in [1.165, 1.54) is 11.1 Å². The fraction of sp³-hybridized carbons (Fsp3) is 0.412. The van der Waals surface area contributed by atoms with Gasteiger partial charge in [0.15, 0.2) is 0 Å². The van der Waals surface area contributed by atoms with E-state index in [2.05, 4.69) is 29.6 Å². The Kier molecular flexibility index (Phi) is 5.44. The van der Waals surface area contributed by atoms with Gasteiger partial charge in [-0.3, -0.25) is 9.48 Å². The Labute approximate surface area is 142 Å². The van der Waals surface area contributed by atoms with Gasteiger partial charge in [-0.05, 0) is 69.1 Å². The van der Waals surface area contributed by atoms with Gasteiger partial charge in [0.25, 0.3) is 5.91 Å². The summed E-state index contributed by atoms with van der Waals surface area (Å²) in [4.78, 5) is 13.0. The molecule has 3 rings (SSSR count). The van der Waals surface area contributed by atoms with Crippen LogP contribution in [-0.2, 0) is 10.3 Å². The van der Waals surface area contributed by atoms with Gasteiger partial charge in [0.1, 0.15) is 5.54 Å². The van der Waals surface area contributed by atoms with E-state index in [9.17, 15) is 4.79 Å². The number of aryl methyl sites for hydroxylation is 2. The molecule has 0 bridgehead atoms. The molecule has 1 fully saturated rings. The predicted octanol–water partition coefficient (Wildman–Crippen LogP) is 2.64. The van der Waals surface area contributed by atoms with Crippen LogP contribution < -0.4 is 10.6 Å². The van der Waals surface area contributed by atoms with E-state index in [0.717, 1.165) is 31.6 Å². The summed E-state index contributed by atoms with van der Waals surface area (Å²) in [5.41, 5.74) is 2.64. The molecule has 6 heteroatoms. The Morgan fingerprint density at radius 2 is 2.00 bits per heavy atom. The number of hydrogen-bond donors (Lipinski definition) is 2. The van der Waals surface area contributed by atoms with Crippen molar-refractivity contribution in [3.63, 3.8) is 0 Å². The fourth-order valence-electron chi connectivity index (χ4n) is 2.99. The highest BCUT2D eigenvalue weighted by molar-refractivity contribution is 5.96. The second-order valence-corrected chi connectivity index (χ2v) is 5.99. The van der Waals surface area contributed by atoms with E-state index in [1.54, 1.807) is 6.20 Å². The van der Waals surface area contributed by atoms with Gasteiger partial charge in [-0.2, -0.15) is 5.10 Å². The van der Waals surface area contributed by atoms with Gasteiger partial charge < -0.3 is 10.6 Å². The molecule has 124 valence electrons. The highest BCUT2D eigenvalue weighted by Gasteiger charge is 2.42. The molecule has 1 aliphatic rings. The van der Waals surface area contributed by atoms with Crippen molar-refractivity contribution in [1.29, 1.82) is 0 Å². The normalized spacial score (nSPS) is 16.4. The first-order chi connectivity index (χ1) is 10.6. The molecule has 0 aliphatic carbocycles. The van der Waals surface area contributed by atoms with Crippen LogP contribution in [0.2, 0.25) is 0 Å². The highest BCUT2D eigenvalue weighted by Crippen LogP contribution is 2.29. The quantitative estimate of drug-likeness (QED) is 0.907. The molecule has 0 unspecified atom stereocenters. The Balaban J connectivity index is 0.00000192. The van der Waals surface area contributed by atoms with E-state index in [4.69, 9.17) is 0 Å². The Morgan fingerprint density at radius 3 is 2.61 bits per heavy atom. The van der Waals surface area contributed by atoms with Crippen molar-refractivity contribution in [3.05, 3.63) is 47.8 Å². The Hall–Kier alpha value is -1.85. The third-order valence-electron chi connectivity index (χ3n) is 4.56. The zero-order valence-electron chi connectivity index (χ0n) is 13.5. The van der Waals surface area contributed by atoms with Gasteiger partial charge in [-0.25, -0.2) is 0 Å². The van der Waals surface area contributed by atoms with Crippen LogP contribution in [0.25, 0.3) is 0 Å². The molecule has 0 saturated carbocycles. The molecule has 0 atom stereocenters. The maximum absolute atomic E-state index is 13.0. The maximum atomic E-state index is 13.0. The molecule has 23 heavy (non-hydrogen) atoms. The maximum Gasteiger partial charge on any atom is 0.252 e. The number of amides is 1. The summed E-state index contributed by atoms with van der Waals surface area (Å²) in [6.07, 6.45) is 5.09. The van der Waals surface area contributed by atoms with Gasteiger partial charge in [0.2, 0.25) is 0 Å². The van der Waals surface area contributed by atoms with Crippen molar-refractivity contribution in [1.82, 2.24) is 15.1 Å². The van der Waals surface area contributed by atoms with Gasteiger partial charge in [0, 0.05) is 18.1 Å². The lowest BCUT2D eigenvalue weighted by molar-refractivity contribution is -0.126. The van der Waals surface area contributed by atoms with Crippen LogP contribution >= 0.6 is 12.4 Å². The van der Waals surface area contributed by atoms with Crippen molar-refractivity contribution in [2.24, 2.45) is 0 Å². The third-order valence-corrected chi connectivity index (χ3v) is 4.56. The molecule has 1 aromatic carbocycles. The van der Waals surface area contributed by atoms with Crippen LogP contribution in [0.4, 0.5) is 5.69 Å². The standard InChI is InChI=1S/C17H22N4O.ClH/c1-13-4-5-15(12-14(13)2)20-16(22)17(6-9-18-10-7-17)21-11-3-8-19-21;/h3-5,8,11-12,18H,6-7,9-10H2,1-2H3,(H,20,22);1H. The topological polar surface area (TPSA) is 59.0 Å². The average molecular weight is 335 g/mol. The first-order valence-corrected chi connectivity index (χ1v) is 7.71. The van der Waals surface area contributed by atoms with Crippen LogP contribution in [0, 0.1) is 13.8 Å². The van der Waals surface area contributed by atoms with Crippen molar-refractivity contribution in [3.8, 4) is 0 Å². The number of benzene rings is 1. The zero-order chi connectivity index (χ0) is 15.6. The van der Waals surface area contributed by atoms with Gasteiger partial charge in [-0.15, -0.1) is 12.4 Å². The fourth-order valence-corrected chi connectivity index (χ4v) is 2.99. The van der Waals surface area contributed by atoms with Gasteiger partial charge in [-0.1, -0.05) is 6.07 Å². The molecule has 2 aromatic rings. The lowest BCUT2D eigenvalue weighted by Gasteiger charge is -2.36. The molecule has 0 spiro atoms. The number of anilines is 1. The van der Waals surface area contributed by atoms with E-state index in [-0.39, 0.29) is 18.3 Å². The minimum Gasteiger partial charge on any atom is -0.324 e. The molecule has 1 aromatic heterocycles. The number of rotatable bonds is 3. The lowest BCUT2D eigenvalue weighted by atomic mass is 9.87. The number of piperidine rings is 1. The smallest absolute Gasteiger partial charge is 0.252 e. The molecular formula is C17H23ClN4O. The number of halogens is 1. The molecular weight excluding hydrogens is 312 g/mol. The van der Waals surface area contributed by atoms with Crippen LogP contribution in [0.15, 0.2) is 36.7 Å². The summed E-state index contributed by atoms with van der Waals surface area (Å²) < 4.78 is 1.81. The summed E-state index contributed by atoms with van der Waals surface area (Å²) >= 11 is 0. The largest absolute Gasteiger partial charge is 0.324 e. The number of aromatic nitrogens is 2. The zero-order valence-corrected chi connectivity index (χ0v) is 14.3. The van der Waals surface area contributed by atoms with Crippen molar-refractivity contribution >= 4 is 24.0 Å². The van der Waals surface area contributed by atoms with E-state index in [1.807, 2.05) is 35.1 Å². The summed E-state index contributed by atoms with van der Waals surface area (Å²) in [5, 5.41) is 10.7. The minimum atomic E-state index is -0.604. The summed E-state index contributed by atoms with van der Waals surface area (Å²) in [5.74, 6) is 0.0148. The summed E-state index contributed by atoms with van der Waals surface area (Å²) in [6.45, 7) is 5.76. The van der Waals surface area contributed by atoms with Crippen molar-refractivity contribution < 1.29 is 4.79 Å². The number of carbonyl (C=O) groups is 1. The summed E-state index contributed by atoms with van der Waals surface area (Å²) in [6, 6.07) is 7.88. The molecule has 1 aliphatic heterocycles.